The molecular weight excluding hydrogens is 170 g/mol. The van der Waals surface area contributed by atoms with Crippen LogP contribution in [0.15, 0.2) is 12.3 Å². The molecule has 0 aliphatic carbocycles. The number of ether oxygens (including phenoxy) is 1. The van der Waals surface area contributed by atoms with Crippen molar-refractivity contribution in [2.24, 2.45) is 13.0 Å². The first kappa shape index (κ1) is 8.25. The first-order valence-corrected chi connectivity index (χ1v) is 4.14. The smallest absolute Gasteiger partial charge is 0.233 e. The zero-order chi connectivity index (χ0) is 9.26. The molecular formula is C8H11N3O2. The van der Waals surface area contributed by atoms with Gasteiger partial charge in [0.25, 0.3) is 0 Å². The second-order valence-corrected chi connectivity index (χ2v) is 3.10. The Bertz CT molecular complexity index is 317. The van der Waals surface area contributed by atoms with E-state index in [1.807, 2.05) is 7.05 Å². The third-order valence-corrected chi connectivity index (χ3v) is 1.97. The lowest BCUT2D eigenvalue weighted by molar-refractivity contribution is -0.133. The molecule has 1 aliphatic heterocycles. The molecule has 1 aromatic heterocycles. The van der Waals surface area contributed by atoms with Crippen molar-refractivity contribution in [3.8, 4) is 0 Å². The van der Waals surface area contributed by atoms with E-state index in [1.54, 1.807) is 16.9 Å². The second-order valence-electron chi connectivity index (χ2n) is 3.10. The molecule has 1 amide bonds. The molecule has 0 spiro atoms. The van der Waals surface area contributed by atoms with E-state index in [2.05, 4.69) is 10.4 Å². The highest BCUT2D eigenvalue weighted by Crippen LogP contribution is 2.12. The number of anilines is 1. The summed E-state index contributed by atoms with van der Waals surface area (Å²) >= 11 is 0. The normalized spacial score (nSPS) is 16.7. The quantitative estimate of drug-likeness (QED) is 0.699. The largest absolute Gasteiger partial charge is 0.380 e. The Morgan fingerprint density at radius 3 is 3.00 bits per heavy atom. The van der Waals surface area contributed by atoms with E-state index in [4.69, 9.17) is 4.74 Å². The summed E-state index contributed by atoms with van der Waals surface area (Å²) in [6.45, 7) is 1.05. The number of amides is 1. The van der Waals surface area contributed by atoms with Crippen LogP contribution in [0.25, 0.3) is 0 Å². The summed E-state index contributed by atoms with van der Waals surface area (Å²) in [5.74, 6) is 0.589. The summed E-state index contributed by atoms with van der Waals surface area (Å²) in [4.78, 5) is 11.4. The van der Waals surface area contributed by atoms with Crippen LogP contribution in [0, 0.1) is 5.92 Å². The SMILES string of the molecule is Cn1ccc(NC(=O)C2COC2)n1. The Hall–Kier alpha value is -1.36. The van der Waals surface area contributed by atoms with Crippen molar-refractivity contribution in [3.05, 3.63) is 12.3 Å². The molecule has 0 unspecified atom stereocenters. The summed E-state index contributed by atoms with van der Waals surface area (Å²) in [6, 6.07) is 1.76. The molecule has 13 heavy (non-hydrogen) atoms. The number of carbonyl (C=O) groups is 1. The molecule has 0 aromatic carbocycles. The van der Waals surface area contributed by atoms with Gasteiger partial charge in [-0.2, -0.15) is 5.10 Å². The van der Waals surface area contributed by atoms with Crippen LogP contribution in [0.1, 0.15) is 0 Å². The molecule has 1 N–H and O–H groups in total. The van der Waals surface area contributed by atoms with Gasteiger partial charge in [0, 0.05) is 19.3 Å². The molecule has 1 fully saturated rings. The molecule has 0 saturated carbocycles. The molecule has 5 heteroatoms. The van der Waals surface area contributed by atoms with Crippen LogP contribution in [0.4, 0.5) is 5.82 Å². The van der Waals surface area contributed by atoms with Gasteiger partial charge in [-0.25, -0.2) is 0 Å². The summed E-state index contributed by atoms with van der Waals surface area (Å²) in [6.07, 6.45) is 1.78. The minimum absolute atomic E-state index is 0.00186. The van der Waals surface area contributed by atoms with Crippen molar-refractivity contribution in [2.45, 2.75) is 0 Å². The molecule has 2 heterocycles. The number of aryl methyl sites for hydroxylation is 1. The maximum Gasteiger partial charge on any atom is 0.233 e. The van der Waals surface area contributed by atoms with Gasteiger partial charge in [0.2, 0.25) is 5.91 Å². The van der Waals surface area contributed by atoms with Crippen molar-refractivity contribution < 1.29 is 9.53 Å². The van der Waals surface area contributed by atoms with E-state index in [9.17, 15) is 4.79 Å². The van der Waals surface area contributed by atoms with Gasteiger partial charge in [0.1, 0.15) is 0 Å². The van der Waals surface area contributed by atoms with E-state index in [-0.39, 0.29) is 11.8 Å². The van der Waals surface area contributed by atoms with Gasteiger partial charge < -0.3 is 10.1 Å². The molecule has 1 aromatic rings. The minimum atomic E-state index is -0.00931. The van der Waals surface area contributed by atoms with Gasteiger partial charge in [-0.3, -0.25) is 9.48 Å². The van der Waals surface area contributed by atoms with E-state index < -0.39 is 0 Å². The molecule has 0 atom stereocenters. The Labute approximate surface area is 75.7 Å². The van der Waals surface area contributed by atoms with Crippen molar-refractivity contribution in [3.63, 3.8) is 0 Å². The highest BCUT2D eigenvalue weighted by atomic mass is 16.5. The van der Waals surface area contributed by atoms with E-state index in [1.165, 1.54) is 0 Å². The average Bonchev–Trinajstić information content (AvgIpc) is 2.31. The van der Waals surface area contributed by atoms with E-state index >= 15 is 0 Å². The Balaban J connectivity index is 1.93. The number of hydrogen-bond acceptors (Lipinski definition) is 3. The summed E-state index contributed by atoms with van der Waals surface area (Å²) in [5.41, 5.74) is 0. The second kappa shape index (κ2) is 3.18. The monoisotopic (exact) mass is 181 g/mol. The highest BCUT2D eigenvalue weighted by molar-refractivity contribution is 5.92. The number of rotatable bonds is 2. The first-order valence-electron chi connectivity index (χ1n) is 4.14. The van der Waals surface area contributed by atoms with Crippen molar-refractivity contribution in [1.82, 2.24) is 9.78 Å². The fourth-order valence-electron chi connectivity index (χ4n) is 1.10. The predicted octanol–water partition coefficient (Wildman–Crippen LogP) is 0.00500. The van der Waals surface area contributed by atoms with Gasteiger partial charge in [0.15, 0.2) is 5.82 Å². The van der Waals surface area contributed by atoms with Gasteiger partial charge >= 0.3 is 0 Å². The summed E-state index contributed by atoms with van der Waals surface area (Å²) in [5, 5.41) is 6.75. The Morgan fingerprint density at radius 1 is 1.77 bits per heavy atom. The van der Waals surface area contributed by atoms with Crippen molar-refractivity contribution in [2.75, 3.05) is 18.5 Å². The fraction of sp³-hybridized carbons (Fsp3) is 0.500. The maximum absolute atomic E-state index is 11.4. The average molecular weight is 181 g/mol. The van der Waals surface area contributed by atoms with Crippen LogP contribution >= 0.6 is 0 Å². The Kier molecular flexibility index (Phi) is 2.02. The van der Waals surface area contributed by atoms with Crippen LogP contribution in [-0.2, 0) is 16.6 Å². The molecule has 0 radical (unpaired) electrons. The predicted molar refractivity (Wildman–Crippen MR) is 46.1 cm³/mol. The number of nitrogens with zero attached hydrogens (tertiary/aromatic N) is 2. The van der Waals surface area contributed by atoms with Gasteiger partial charge in [-0.05, 0) is 0 Å². The maximum atomic E-state index is 11.4. The minimum Gasteiger partial charge on any atom is -0.380 e. The topological polar surface area (TPSA) is 56.2 Å². The van der Waals surface area contributed by atoms with Crippen LogP contribution < -0.4 is 5.32 Å². The molecule has 0 bridgehead atoms. The standard InChI is InChI=1S/C8H11N3O2/c1-11-3-2-7(10-11)9-8(12)6-4-13-5-6/h2-3,6H,4-5H2,1H3,(H,9,10,12). The lowest BCUT2D eigenvalue weighted by Crippen LogP contribution is -2.38. The summed E-state index contributed by atoms with van der Waals surface area (Å²) in [7, 11) is 1.81. The lowest BCUT2D eigenvalue weighted by Gasteiger charge is -2.24. The van der Waals surface area contributed by atoms with Crippen LogP contribution in [0.5, 0.6) is 0 Å². The van der Waals surface area contributed by atoms with E-state index in [0.29, 0.717) is 19.0 Å². The number of aromatic nitrogens is 2. The third-order valence-electron chi connectivity index (χ3n) is 1.97. The van der Waals surface area contributed by atoms with Gasteiger partial charge in [0.05, 0.1) is 19.1 Å². The molecule has 5 nitrogen and oxygen atoms in total. The van der Waals surface area contributed by atoms with Crippen LogP contribution in [-0.4, -0.2) is 28.9 Å². The highest BCUT2D eigenvalue weighted by Gasteiger charge is 2.26. The Morgan fingerprint density at radius 2 is 2.54 bits per heavy atom. The molecule has 70 valence electrons. The third kappa shape index (κ3) is 1.70. The number of nitrogens with one attached hydrogen (secondary N) is 1. The van der Waals surface area contributed by atoms with Gasteiger partial charge in [-0.15, -0.1) is 0 Å². The zero-order valence-electron chi connectivity index (χ0n) is 7.36. The number of carbonyl (C=O) groups excluding carboxylic acids is 1. The zero-order valence-corrected chi connectivity index (χ0v) is 7.36. The van der Waals surface area contributed by atoms with Gasteiger partial charge in [-0.1, -0.05) is 0 Å². The summed E-state index contributed by atoms with van der Waals surface area (Å²) < 4.78 is 6.56. The molecule has 2 rings (SSSR count). The van der Waals surface area contributed by atoms with Crippen LogP contribution in [0.3, 0.4) is 0 Å². The molecule has 1 aliphatic rings. The van der Waals surface area contributed by atoms with Crippen molar-refractivity contribution in [1.29, 1.82) is 0 Å². The fourth-order valence-corrected chi connectivity index (χ4v) is 1.10. The van der Waals surface area contributed by atoms with Crippen LogP contribution in [0.2, 0.25) is 0 Å². The number of hydrogen-bond donors (Lipinski definition) is 1. The van der Waals surface area contributed by atoms with E-state index in [0.717, 1.165) is 0 Å². The lowest BCUT2D eigenvalue weighted by atomic mass is 10.1. The first-order chi connectivity index (χ1) is 6.25. The molecule has 1 saturated heterocycles. The van der Waals surface area contributed by atoms with Crippen molar-refractivity contribution >= 4 is 11.7 Å².